The van der Waals surface area contributed by atoms with Gasteiger partial charge in [0, 0.05) is 37.9 Å². The maximum atomic E-state index is 13.3. The predicted molar refractivity (Wildman–Crippen MR) is 78.8 cm³/mol. The third kappa shape index (κ3) is 2.90. The lowest BCUT2D eigenvalue weighted by Gasteiger charge is -2.36. The number of halogens is 2. The number of anilines is 1. The molecule has 0 spiro atoms. The monoisotopic (exact) mass is 308 g/mol. The summed E-state index contributed by atoms with van der Waals surface area (Å²) in [4.78, 5) is 16.7. The van der Waals surface area contributed by atoms with Crippen LogP contribution in [0.3, 0.4) is 0 Å². The molecule has 21 heavy (non-hydrogen) atoms. The highest BCUT2D eigenvalue weighted by molar-refractivity contribution is 7.12. The molecule has 2 aromatic rings. The SMILES string of the molecule is O=C(c1cccs1)N1CCN(c2ccc(F)c(F)c2)CC1. The molecule has 0 unspecified atom stereocenters. The Balaban J connectivity index is 1.65. The molecule has 1 aromatic heterocycles. The van der Waals surface area contributed by atoms with Crippen molar-refractivity contribution >= 4 is 22.9 Å². The first-order valence-corrected chi connectivity index (χ1v) is 7.56. The molecule has 0 saturated carbocycles. The number of carbonyl (C=O) groups excluding carboxylic acids is 1. The van der Waals surface area contributed by atoms with Crippen LogP contribution in [0.5, 0.6) is 0 Å². The zero-order valence-corrected chi connectivity index (χ0v) is 12.1. The Morgan fingerprint density at radius 3 is 2.43 bits per heavy atom. The molecule has 1 saturated heterocycles. The number of nitrogens with zero attached hydrogens (tertiary/aromatic N) is 2. The van der Waals surface area contributed by atoms with Gasteiger partial charge in [0.05, 0.1) is 4.88 Å². The molecule has 0 aliphatic carbocycles. The van der Waals surface area contributed by atoms with E-state index in [2.05, 4.69) is 0 Å². The molecule has 0 N–H and O–H groups in total. The number of hydrogen-bond acceptors (Lipinski definition) is 3. The number of piperazine rings is 1. The molecule has 110 valence electrons. The average Bonchev–Trinajstić information content (AvgIpc) is 3.04. The lowest BCUT2D eigenvalue weighted by molar-refractivity contribution is 0.0751. The third-order valence-corrected chi connectivity index (χ3v) is 4.43. The summed E-state index contributed by atoms with van der Waals surface area (Å²) in [5.74, 6) is -1.65. The van der Waals surface area contributed by atoms with Gasteiger partial charge >= 0.3 is 0 Å². The van der Waals surface area contributed by atoms with E-state index in [1.807, 2.05) is 22.4 Å². The number of rotatable bonds is 2. The Morgan fingerprint density at radius 1 is 1.05 bits per heavy atom. The van der Waals surface area contributed by atoms with Crippen molar-refractivity contribution in [3.05, 3.63) is 52.2 Å². The molecule has 3 nitrogen and oxygen atoms in total. The number of carbonyl (C=O) groups is 1. The molecular formula is C15H14F2N2OS. The molecule has 0 bridgehead atoms. The first-order valence-electron chi connectivity index (χ1n) is 6.68. The fraction of sp³-hybridized carbons (Fsp3) is 0.267. The molecule has 0 atom stereocenters. The first kappa shape index (κ1) is 14.0. The molecule has 2 heterocycles. The second-order valence-corrected chi connectivity index (χ2v) is 5.80. The van der Waals surface area contributed by atoms with E-state index in [-0.39, 0.29) is 5.91 Å². The minimum atomic E-state index is -0.843. The van der Waals surface area contributed by atoms with E-state index in [0.717, 1.165) is 10.9 Å². The van der Waals surface area contributed by atoms with Crippen LogP contribution >= 0.6 is 11.3 Å². The van der Waals surface area contributed by atoms with Crippen molar-refractivity contribution in [1.29, 1.82) is 0 Å². The van der Waals surface area contributed by atoms with Crippen molar-refractivity contribution in [3.8, 4) is 0 Å². The standard InChI is InChI=1S/C15H14F2N2OS/c16-12-4-3-11(10-13(12)17)18-5-7-19(8-6-18)15(20)14-2-1-9-21-14/h1-4,9-10H,5-8H2. The average molecular weight is 308 g/mol. The highest BCUT2D eigenvalue weighted by Gasteiger charge is 2.23. The van der Waals surface area contributed by atoms with Gasteiger partial charge in [0.25, 0.3) is 5.91 Å². The zero-order valence-electron chi connectivity index (χ0n) is 11.3. The van der Waals surface area contributed by atoms with Crippen LogP contribution in [0.2, 0.25) is 0 Å². The number of amides is 1. The van der Waals surface area contributed by atoms with E-state index in [4.69, 9.17) is 0 Å². The zero-order chi connectivity index (χ0) is 14.8. The number of thiophene rings is 1. The molecule has 1 aliphatic heterocycles. The van der Waals surface area contributed by atoms with Gasteiger partial charge in [0.15, 0.2) is 11.6 Å². The molecule has 1 aromatic carbocycles. The van der Waals surface area contributed by atoms with Crippen LogP contribution < -0.4 is 4.90 Å². The van der Waals surface area contributed by atoms with Crippen molar-refractivity contribution in [3.63, 3.8) is 0 Å². The Labute approximate surface area is 125 Å². The van der Waals surface area contributed by atoms with Gasteiger partial charge in [0.2, 0.25) is 0 Å². The molecule has 1 fully saturated rings. The van der Waals surface area contributed by atoms with Gasteiger partial charge in [-0.3, -0.25) is 4.79 Å². The van der Waals surface area contributed by atoms with E-state index >= 15 is 0 Å². The summed E-state index contributed by atoms with van der Waals surface area (Å²) >= 11 is 1.43. The lowest BCUT2D eigenvalue weighted by atomic mass is 10.2. The normalized spacial score (nSPS) is 15.3. The largest absolute Gasteiger partial charge is 0.368 e. The van der Waals surface area contributed by atoms with Gasteiger partial charge in [-0.15, -0.1) is 11.3 Å². The van der Waals surface area contributed by atoms with Gasteiger partial charge in [-0.25, -0.2) is 8.78 Å². The summed E-state index contributed by atoms with van der Waals surface area (Å²) in [6, 6.07) is 7.57. The van der Waals surface area contributed by atoms with Crippen LogP contribution in [0.4, 0.5) is 14.5 Å². The van der Waals surface area contributed by atoms with Crippen LogP contribution in [0.15, 0.2) is 35.7 Å². The predicted octanol–water partition coefficient (Wildman–Crippen LogP) is 2.99. The van der Waals surface area contributed by atoms with E-state index in [9.17, 15) is 13.6 Å². The number of hydrogen-bond donors (Lipinski definition) is 0. The van der Waals surface area contributed by atoms with Crippen molar-refractivity contribution in [1.82, 2.24) is 4.90 Å². The van der Waals surface area contributed by atoms with Gasteiger partial charge in [-0.2, -0.15) is 0 Å². The molecule has 6 heteroatoms. The minimum Gasteiger partial charge on any atom is -0.368 e. The van der Waals surface area contributed by atoms with E-state index in [1.54, 1.807) is 11.0 Å². The first-order chi connectivity index (χ1) is 10.1. The van der Waals surface area contributed by atoms with Crippen molar-refractivity contribution in [2.45, 2.75) is 0 Å². The molecular weight excluding hydrogens is 294 g/mol. The van der Waals surface area contributed by atoms with E-state index in [0.29, 0.717) is 31.9 Å². The summed E-state index contributed by atoms with van der Waals surface area (Å²) in [5, 5.41) is 1.88. The van der Waals surface area contributed by atoms with Crippen LogP contribution in [-0.4, -0.2) is 37.0 Å². The summed E-state index contributed by atoms with van der Waals surface area (Å²) in [6.07, 6.45) is 0. The van der Waals surface area contributed by atoms with Crippen LogP contribution in [0.25, 0.3) is 0 Å². The fourth-order valence-electron chi connectivity index (χ4n) is 2.41. The van der Waals surface area contributed by atoms with E-state index in [1.165, 1.54) is 17.4 Å². The lowest BCUT2D eigenvalue weighted by Crippen LogP contribution is -2.48. The maximum Gasteiger partial charge on any atom is 0.264 e. The van der Waals surface area contributed by atoms with Crippen LogP contribution in [0.1, 0.15) is 9.67 Å². The minimum absolute atomic E-state index is 0.0370. The van der Waals surface area contributed by atoms with Crippen molar-refractivity contribution < 1.29 is 13.6 Å². The quantitative estimate of drug-likeness (QED) is 0.851. The second-order valence-electron chi connectivity index (χ2n) is 4.85. The smallest absolute Gasteiger partial charge is 0.264 e. The Morgan fingerprint density at radius 2 is 1.81 bits per heavy atom. The van der Waals surface area contributed by atoms with Crippen molar-refractivity contribution in [2.24, 2.45) is 0 Å². The van der Waals surface area contributed by atoms with E-state index < -0.39 is 11.6 Å². The summed E-state index contributed by atoms with van der Waals surface area (Å²) in [6.45, 7) is 2.38. The fourth-order valence-corrected chi connectivity index (χ4v) is 3.10. The number of benzene rings is 1. The Hall–Kier alpha value is -1.95. The third-order valence-electron chi connectivity index (χ3n) is 3.57. The Kier molecular flexibility index (Phi) is 3.88. The molecule has 1 aliphatic rings. The van der Waals surface area contributed by atoms with Gasteiger partial charge < -0.3 is 9.80 Å². The molecule has 1 amide bonds. The highest BCUT2D eigenvalue weighted by Crippen LogP contribution is 2.20. The molecule has 0 radical (unpaired) electrons. The van der Waals surface area contributed by atoms with Gasteiger partial charge in [-0.1, -0.05) is 6.07 Å². The molecule has 3 rings (SSSR count). The summed E-state index contributed by atoms with van der Waals surface area (Å²) in [5.41, 5.74) is 0.650. The maximum absolute atomic E-state index is 13.3. The summed E-state index contributed by atoms with van der Waals surface area (Å²) < 4.78 is 26.2. The second kappa shape index (κ2) is 5.81. The summed E-state index contributed by atoms with van der Waals surface area (Å²) in [7, 11) is 0. The van der Waals surface area contributed by atoms with Crippen LogP contribution in [0, 0.1) is 11.6 Å². The Bertz CT molecular complexity index is 637. The van der Waals surface area contributed by atoms with Gasteiger partial charge in [-0.05, 0) is 23.6 Å². The van der Waals surface area contributed by atoms with Crippen molar-refractivity contribution in [2.75, 3.05) is 31.1 Å². The van der Waals surface area contributed by atoms with Crippen LogP contribution in [-0.2, 0) is 0 Å². The highest BCUT2D eigenvalue weighted by atomic mass is 32.1. The topological polar surface area (TPSA) is 23.6 Å². The van der Waals surface area contributed by atoms with Gasteiger partial charge in [0.1, 0.15) is 0 Å².